The normalized spacial score (nSPS) is 11.2. The molecule has 1 aromatic heterocycles. The highest BCUT2D eigenvalue weighted by molar-refractivity contribution is 5.90. The average Bonchev–Trinajstić information content (AvgIpc) is 2.37. The fourth-order valence-corrected chi connectivity index (χ4v) is 1.24. The molecular formula is C10H16N4O3. The first-order valence-corrected chi connectivity index (χ1v) is 5.20. The first kappa shape index (κ1) is 13.3. The van der Waals surface area contributed by atoms with Crippen LogP contribution >= 0.6 is 0 Å². The summed E-state index contributed by atoms with van der Waals surface area (Å²) in [5, 5.41) is 28.7. The maximum atomic E-state index is 10.8. The van der Waals surface area contributed by atoms with E-state index in [4.69, 9.17) is 5.73 Å². The molecule has 5 N–H and O–H groups in total. The molecule has 0 saturated carbocycles. The molecule has 0 aliphatic heterocycles. The quantitative estimate of drug-likeness (QED) is 0.512. The van der Waals surface area contributed by atoms with Crippen LogP contribution in [0.4, 0.5) is 5.82 Å². The predicted molar refractivity (Wildman–Crippen MR) is 61.4 cm³/mol. The van der Waals surface area contributed by atoms with Gasteiger partial charge in [0.15, 0.2) is 5.69 Å². The second kappa shape index (κ2) is 5.55. The van der Waals surface area contributed by atoms with Crippen LogP contribution in [-0.4, -0.2) is 45.1 Å². The molecule has 7 heteroatoms. The number of hydrogen-bond acceptors (Lipinski definition) is 6. The summed E-state index contributed by atoms with van der Waals surface area (Å²) in [5.41, 5.74) is 4.24. The minimum absolute atomic E-state index is 0.0608. The summed E-state index contributed by atoms with van der Waals surface area (Å²) in [6, 6.07) is 2.94. The largest absolute Gasteiger partial charge is 0.394 e. The van der Waals surface area contributed by atoms with Crippen LogP contribution in [-0.2, 0) is 0 Å². The third-order valence-electron chi connectivity index (χ3n) is 2.59. The van der Waals surface area contributed by atoms with Crippen molar-refractivity contribution in [1.29, 1.82) is 0 Å². The minimum Gasteiger partial charge on any atom is -0.394 e. The molecule has 0 aliphatic carbocycles. The second-order valence-electron chi connectivity index (χ2n) is 3.74. The second-order valence-corrected chi connectivity index (χ2v) is 3.74. The zero-order chi connectivity index (χ0) is 12.9. The molecule has 0 saturated heterocycles. The summed E-state index contributed by atoms with van der Waals surface area (Å²) >= 11 is 0. The molecule has 1 aromatic rings. The van der Waals surface area contributed by atoms with Gasteiger partial charge in [0, 0.05) is 0 Å². The molecular weight excluding hydrogens is 224 g/mol. The molecule has 1 amide bonds. The predicted octanol–water partition coefficient (Wildman–Crippen LogP) is -0.879. The van der Waals surface area contributed by atoms with Crippen molar-refractivity contribution in [3.8, 4) is 0 Å². The third kappa shape index (κ3) is 3.11. The van der Waals surface area contributed by atoms with E-state index in [1.54, 1.807) is 0 Å². The highest BCUT2D eigenvalue weighted by Crippen LogP contribution is 2.15. The van der Waals surface area contributed by atoms with Crippen LogP contribution in [0.3, 0.4) is 0 Å². The summed E-state index contributed by atoms with van der Waals surface area (Å²) in [4.78, 5) is 10.8. The van der Waals surface area contributed by atoms with Crippen LogP contribution in [0.15, 0.2) is 12.1 Å². The van der Waals surface area contributed by atoms with Gasteiger partial charge in [0.25, 0.3) is 5.91 Å². The molecule has 0 aliphatic rings. The molecule has 1 heterocycles. The van der Waals surface area contributed by atoms with Crippen molar-refractivity contribution in [2.45, 2.75) is 18.9 Å². The smallest absolute Gasteiger partial charge is 0.269 e. The molecule has 0 atom stereocenters. The lowest BCUT2D eigenvalue weighted by Gasteiger charge is -2.29. The van der Waals surface area contributed by atoms with E-state index in [9.17, 15) is 15.0 Å². The average molecular weight is 240 g/mol. The van der Waals surface area contributed by atoms with Crippen LogP contribution in [0.2, 0.25) is 0 Å². The van der Waals surface area contributed by atoms with Crippen molar-refractivity contribution in [2.75, 3.05) is 18.5 Å². The molecule has 94 valence electrons. The van der Waals surface area contributed by atoms with Gasteiger partial charge in [-0.25, -0.2) is 0 Å². The van der Waals surface area contributed by atoms with Crippen molar-refractivity contribution in [3.63, 3.8) is 0 Å². The number of carbonyl (C=O) groups is 1. The number of nitrogens with two attached hydrogens (primary N) is 1. The molecule has 7 nitrogen and oxygen atoms in total. The molecule has 0 radical (unpaired) electrons. The van der Waals surface area contributed by atoms with Crippen LogP contribution in [0.25, 0.3) is 0 Å². The molecule has 1 rings (SSSR count). The number of nitrogens with zero attached hydrogens (tertiary/aromatic N) is 2. The fourth-order valence-electron chi connectivity index (χ4n) is 1.24. The van der Waals surface area contributed by atoms with Gasteiger partial charge in [0.1, 0.15) is 5.82 Å². The zero-order valence-corrected chi connectivity index (χ0v) is 9.55. The van der Waals surface area contributed by atoms with Crippen LogP contribution < -0.4 is 11.1 Å². The Morgan fingerprint density at radius 2 is 2.06 bits per heavy atom. The topological polar surface area (TPSA) is 121 Å². The van der Waals surface area contributed by atoms with Crippen LogP contribution in [0, 0.1) is 0 Å². The Hall–Kier alpha value is -1.73. The van der Waals surface area contributed by atoms with Crippen molar-refractivity contribution >= 4 is 11.7 Å². The Morgan fingerprint density at radius 1 is 1.41 bits per heavy atom. The van der Waals surface area contributed by atoms with E-state index in [1.807, 2.05) is 6.92 Å². The standard InChI is InChI=1S/C10H16N4O3/c1-2-10(5-15,6-16)12-8-4-3-7(9(11)17)13-14-8/h3-4,15-16H,2,5-6H2,1H3,(H2,11,17)(H,12,14). The van der Waals surface area contributed by atoms with E-state index in [2.05, 4.69) is 15.5 Å². The van der Waals surface area contributed by atoms with Gasteiger partial charge in [-0.1, -0.05) is 6.92 Å². The number of nitrogens with one attached hydrogen (secondary N) is 1. The summed E-state index contributed by atoms with van der Waals surface area (Å²) in [5.74, 6) is -0.296. The van der Waals surface area contributed by atoms with E-state index in [0.717, 1.165) is 0 Å². The van der Waals surface area contributed by atoms with Crippen LogP contribution in [0.5, 0.6) is 0 Å². The molecule has 0 fully saturated rings. The summed E-state index contributed by atoms with van der Waals surface area (Å²) in [7, 11) is 0. The fraction of sp³-hybridized carbons (Fsp3) is 0.500. The third-order valence-corrected chi connectivity index (χ3v) is 2.59. The van der Waals surface area contributed by atoms with Gasteiger partial charge in [0.2, 0.25) is 0 Å². The minimum atomic E-state index is -0.844. The van der Waals surface area contributed by atoms with Gasteiger partial charge in [-0.3, -0.25) is 4.79 Å². The van der Waals surface area contributed by atoms with Crippen molar-refractivity contribution < 1.29 is 15.0 Å². The highest BCUT2D eigenvalue weighted by atomic mass is 16.3. The van der Waals surface area contributed by atoms with E-state index in [1.165, 1.54) is 12.1 Å². The first-order chi connectivity index (χ1) is 8.06. The van der Waals surface area contributed by atoms with E-state index in [0.29, 0.717) is 12.2 Å². The number of carbonyl (C=O) groups excluding carboxylic acids is 1. The Balaban J connectivity index is 2.84. The van der Waals surface area contributed by atoms with Crippen LogP contribution in [0.1, 0.15) is 23.8 Å². The number of primary amides is 1. The number of aliphatic hydroxyl groups excluding tert-OH is 2. The Bertz CT molecular complexity index is 367. The van der Waals surface area contributed by atoms with Gasteiger partial charge in [-0.2, -0.15) is 0 Å². The lowest BCUT2D eigenvalue weighted by molar-refractivity contribution is 0.0994. The maximum Gasteiger partial charge on any atom is 0.269 e. The van der Waals surface area contributed by atoms with Gasteiger partial charge in [0.05, 0.1) is 18.8 Å². The molecule has 0 aromatic carbocycles. The Labute approximate surface area is 98.7 Å². The number of hydrogen-bond donors (Lipinski definition) is 4. The summed E-state index contributed by atoms with van der Waals surface area (Å²) in [6.07, 6.45) is 0.513. The number of rotatable bonds is 6. The Morgan fingerprint density at radius 3 is 2.41 bits per heavy atom. The van der Waals surface area contributed by atoms with E-state index < -0.39 is 11.4 Å². The summed E-state index contributed by atoms with van der Waals surface area (Å²) < 4.78 is 0. The molecule has 0 spiro atoms. The van der Waals surface area contributed by atoms with Gasteiger partial charge in [-0.05, 0) is 18.6 Å². The van der Waals surface area contributed by atoms with Gasteiger partial charge >= 0.3 is 0 Å². The van der Waals surface area contributed by atoms with E-state index in [-0.39, 0.29) is 18.9 Å². The number of aliphatic hydroxyl groups is 2. The Kier molecular flexibility index (Phi) is 4.36. The molecule has 0 bridgehead atoms. The molecule has 0 unspecified atom stereocenters. The SMILES string of the molecule is CCC(CO)(CO)Nc1ccc(C(N)=O)nn1. The monoisotopic (exact) mass is 240 g/mol. The van der Waals surface area contributed by atoms with Gasteiger partial charge < -0.3 is 21.3 Å². The number of amides is 1. The number of aromatic nitrogens is 2. The lowest BCUT2D eigenvalue weighted by atomic mass is 9.98. The molecule has 17 heavy (non-hydrogen) atoms. The summed E-state index contributed by atoms with van der Waals surface area (Å²) in [6.45, 7) is 1.35. The first-order valence-electron chi connectivity index (χ1n) is 5.20. The number of anilines is 1. The van der Waals surface area contributed by atoms with Crippen molar-refractivity contribution in [3.05, 3.63) is 17.8 Å². The van der Waals surface area contributed by atoms with E-state index >= 15 is 0 Å². The van der Waals surface area contributed by atoms with Gasteiger partial charge in [-0.15, -0.1) is 10.2 Å². The highest BCUT2D eigenvalue weighted by Gasteiger charge is 2.26. The zero-order valence-electron chi connectivity index (χ0n) is 9.55. The van der Waals surface area contributed by atoms with Crippen molar-refractivity contribution in [2.24, 2.45) is 5.73 Å². The van der Waals surface area contributed by atoms with Crippen molar-refractivity contribution in [1.82, 2.24) is 10.2 Å². The lowest BCUT2D eigenvalue weighted by Crippen LogP contribution is -2.45. The maximum absolute atomic E-state index is 10.8.